The van der Waals surface area contributed by atoms with Gasteiger partial charge in [0.25, 0.3) is 5.91 Å². The van der Waals surface area contributed by atoms with Crippen molar-refractivity contribution >= 4 is 17.4 Å². The van der Waals surface area contributed by atoms with Gasteiger partial charge in [-0.25, -0.2) is 4.52 Å². The lowest BCUT2D eigenvalue weighted by Gasteiger charge is -2.15. The second-order valence-electron chi connectivity index (χ2n) is 4.31. The average Bonchev–Trinajstić information content (AvgIpc) is 2.81. The number of aliphatic carboxylic acids is 1. The topological polar surface area (TPSA) is 74.9 Å². The summed E-state index contributed by atoms with van der Waals surface area (Å²) < 4.78 is 1.64. The highest BCUT2D eigenvalue weighted by atomic mass is 16.4. The smallest absolute Gasteiger partial charge is 0.303 e. The van der Waals surface area contributed by atoms with E-state index in [1.807, 2.05) is 18.2 Å². The van der Waals surface area contributed by atoms with Gasteiger partial charge >= 0.3 is 5.97 Å². The molecule has 100 valence electrons. The normalized spacial score (nSPS) is 10.6. The summed E-state index contributed by atoms with van der Waals surface area (Å²) in [6.45, 7) is 0.412. The third-order valence-electron chi connectivity index (χ3n) is 2.89. The van der Waals surface area contributed by atoms with E-state index in [1.165, 1.54) is 11.1 Å². The first-order valence-corrected chi connectivity index (χ1v) is 5.99. The van der Waals surface area contributed by atoms with Gasteiger partial charge in [0.05, 0.1) is 17.3 Å². The fourth-order valence-electron chi connectivity index (χ4n) is 1.87. The summed E-state index contributed by atoms with van der Waals surface area (Å²) in [4.78, 5) is 24.2. The lowest BCUT2D eigenvalue weighted by molar-refractivity contribution is -0.137. The van der Waals surface area contributed by atoms with E-state index in [2.05, 4.69) is 5.10 Å². The van der Waals surface area contributed by atoms with Crippen LogP contribution in [0, 0.1) is 0 Å². The highest BCUT2D eigenvalue weighted by molar-refractivity contribution is 6.00. The van der Waals surface area contributed by atoms with Gasteiger partial charge in [-0.15, -0.1) is 0 Å². The van der Waals surface area contributed by atoms with Crippen molar-refractivity contribution in [3.63, 3.8) is 0 Å². The first-order chi connectivity index (χ1) is 9.09. The Bertz CT molecular complexity index is 606. The highest BCUT2D eigenvalue weighted by Crippen LogP contribution is 2.12. The van der Waals surface area contributed by atoms with Gasteiger partial charge in [-0.1, -0.05) is 6.07 Å². The molecule has 2 rings (SSSR count). The minimum atomic E-state index is -0.850. The van der Waals surface area contributed by atoms with Crippen molar-refractivity contribution in [3.05, 3.63) is 36.2 Å². The Labute approximate surface area is 110 Å². The number of carbonyl (C=O) groups is 2. The van der Waals surface area contributed by atoms with Crippen LogP contribution < -0.4 is 0 Å². The summed E-state index contributed by atoms with van der Waals surface area (Å²) in [6, 6.07) is 5.51. The molecule has 0 saturated carbocycles. The van der Waals surface area contributed by atoms with Crippen molar-refractivity contribution in [3.8, 4) is 0 Å². The van der Waals surface area contributed by atoms with Gasteiger partial charge in [0.1, 0.15) is 0 Å². The Hall–Kier alpha value is -2.37. The number of aromatic nitrogens is 2. The van der Waals surface area contributed by atoms with E-state index in [4.69, 9.17) is 5.11 Å². The second-order valence-corrected chi connectivity index (χ2v) is 4.31. The predicted octanol–water partition coefficient (Wildman–Crippen LogP) is 1.27. The van der Waals surface area contributed by atoms with Gasteiger partial charge in [0, 0.05) is 26.2 Å². The van der Waals surface area contributed by atoms with Gasteiger partial charge in [0.15, 0.2) is 0 Å². The van der Waals surface area contributed by atoms with Gasteiger partial charge in [-0.2, -0.15) is 5.10 Å². The summed E-state index contributed by atoms with van der Waals surface area (Å²) >= 11 is 0. The molecule has 1 amide bonds. The lowest BCUT2D eigenvalue weighted by Crippen LogP contribution is -2.28. The minimum Gasteiger partial charge on any atom is -0.481 e. The van der Waals surface area contributed by atoms with Crippen LogP contribution in [0.5, 0.6) is 0 Å². The molecule has 6 nitrogen and oxygen atoms in total. The lowest BCUT2D eigenvalue weighted by atomic mass is 10.2. The maximum atomic E-state index is 12.2. The molecule has 0 atom stereocenters. The molecule has 0 fully saturated rings. The zero-order valence-electron chi connectivity index (χ0n) is 10.6. The van der Waals surface area contributed by atoms with Crippen LogP contribution in [0.1, 0.15) is 23.2 Å². The first-order valence-electron chi connectivity index (χ1n) is 5.99. The van der Waals surface area contributed by atoms with Crippen LogP contribution in [-0.2, 0) is 4.79 Å². The molecule has 0 aliphatic carbocycles. The summed E-state index contributed by atoms with van der Waals surface area (Å²) in [5.74, 6) is -0.997. The fraction of sp³-hybridized carbons (Fsp3) is 0.308. The number of fused-ring (bicyclic) bond motifs is 1. The van der Waals surface area contributed by atoms with Crippen LogP contribution in [0.2, 0.25) is 0 Å². The molecule has 1 N–H and O–H groups in total. The van der Waals surface area contributed by atoms with Crippen LogP contribution in [0.15, 0.2) is 30.6 Å². The van der Waals surface area contributed by atoms with E-state index in [-0.39, 0.29) is 12.3 Å². The molecule has 0 saturated heterocycles. The largest absolute Gasteiger partial charge is 0.481 e. The van der Waals surface area contributed by atoms with Crippen LogP contribution >= 0.6 is 0 Å². The van der Waals surface area contributed by atoms with E-state index >= 15 is 0 Å². The summed E-state index contributed by atoms with van der Waals surface area (Å²) in [5, 5.41) is 12.7. The fourth-order valence-corrected chi connectivity index (χ4v) is 1.87. The number of carboxylic acids is 1. The molecule has 0 bridgehead atoms. The van der Waals surface area contributed by atoms with Crippen molar-refractivity contribution in [1.29, 1.82) is 0 Å². The molecule has 2 aromatic heterocycles. The van der Waals surface area contributed by atoms with Crippen LogP contribution in [0.3, 0.4) is 0 Å². The molecular formula is C13H15N3O3. The van der Waals surface area contributed by atoms with Gasteiger partial charge in [0.2, 0.25) is 0 Å². The number of rotatable bonds is 5. The van der Waals surface area contributed by atoms with Crippen LogP contribution in [-0.4, -0.2) is 45.1 Å². The third kappa shape index (κ3) is 2.90. The van der Waals surface area contributed by atoms with Crippen LogP contribution in [0.25, 0.3) is 5.52 Å². The minimum absolute atomic E-state index is 0.0619. The number of hydrogen-bond donors (Lipinski definition) is 1. The van der Waals surface area contributed by atoms with Gasteiger partial charge < -0.3 is 10.0 Å². The van der Waals surface area contributed by atoms with E-state index in [0.29, 0.717) is 18.5 Å². The molecule has 0 unspecified atom stereocenters. The molecule has 6 heteroatoms. The van der Waals surface area contributed by atoms with E-state index in [1.54, 1.807) is 17.8 Å². The Morgan fingerprint density at radius 3 is 2.95 bits per heavy atom. The van der Waals surface area contributed by atoms with E-state index < -0.39 is 5.97 Å². The Balaban J connectivity index is 2.08. The number of amides is 1. The number of carbonyl (C=O) groups excluding carboxylic acids is 1. The summed E-state index contributed by atoms with van der Waals surface area (Å²) in [7, 11) is 1.66. The molecule has 0 aromatic carbocycles. The standard InChI is InChI=1S/C13H15N3O3/c1-15(7-4-6-12(17)18)13(19)10-9-14-16-8-3-2-5-11(10)16/h2-3,5,8-9H,4,6-7H2,1H3,(H,17,18). The highest BCUT2D eigenvalue weighted by Gasteiger charge is 2.16. The molecule has 0 radical (unpaired) electrons. The van der Waals surface area contributed by atoms with Crippen molar-refractivity contribution in [2.45, 2.75) is 12.8 Å². The van der Waals surface area contributed by atoms with Crippen molar-refractivity contribution < 1.29 is 14.7 Å². The molecule has 19 heavy (non-hydrogen) atoms. The molecule has 0 aliphatic rings. The van der Waals surface area contributed by atoms with E-state index in [0.717, 1.165) is 5.52 Å². The maximum Gasteiger partial charge on any atom is 0.303 e. The summed E-state index contributed by atoms with van der Waals surface area (Å²) in [5.41, 5.74) is 1.27. The number of hydrogen-bond acceptors (Lipinski definition) is 3. The molecular weight excluding hydrogens is 246 g/mol. The Kier molecular flexibility index (Phi) is 3.79. The quantitative estimate of drug-likeness (QED) is 0.879. The zero-order chi connectivity index (χ0) is 13.8. The van der Waals surface area contributed by atoms with Gasteiger partial charge in [-0.3, -0.25) is 9.59 Å². The molecule has 0 spiro atoms. The molecule has 2 aromatic rings. The third-order valence-corrected chi connectivity index (χ3v) is 2.89. The Morgan fingerprint density at radius 1 is 1.42 bits per heavy atom. The van der Waals surface area contributed by atoms with Crippen molar-refractivity contribution in [1.82, 2.24) is 14.5 Å². The first kappa shape index (κ1) is 13.1. The monoisotopic (exact) mass is 261 g/mol. The predicted molar refractivity (Wildman–Crippen MR) is 69.0 cm³/mol. The second kappa shape index (κ2) is 5.51. The SMILES string of the molecule is CN(CCCC(=O)O)C(=O)c1cnn2ccccc12. The average molecular weight is 261 g/mol. The summed E-state index contributed by atoms with van der Waals surface area (Å²) in [6.07, 6.45) is 3.81. The van der Waals surface area contributed by atoms with E-state index in [9.17, 15) is 9.59 Å². The number of carboxylic acid groups (broad SMARTS) is 1. The number of nitrogens with zero attached hydrogens (tertiary/aromatic N) is 3. The van der Waals surface area contributed by atoms with Crippen molar-refractivity contribution in [2.75, 3.05) is 13.6 Å². The van der Waals surface area contributed by atoms with Crippen LogP contribution in [0.4, 0.5) is 0 Å². The van der Waals surface area contributed by atoms with Gasteiger partial charge in [-0.05, 0) is 18.6 Å². The zero-order valence-corrected chi connectivity index (χ0v) is 10.6. The maximum absolute atomic E-state index is 12.2. The number of pyridine rings is 1. The Morgan fingerprint density at radius 2 is 2.21 bits per heavy atom. The molecule has 0 aliphatic heterocycles. The van der Waals surface area contributed by atoms with Crippen molar-refractivity contribution in [2.24, 2.45) is 0 Å². The molecule has 2 heterocycles.